The number of hydroxylamine groups is 1. The van der Waals surface area contributed by atoms with Crippen molar-refractivity contribution in [1.82, 2.24) is 14.7 Å². The van der Waals surface area contributed by atoms with Crippen molar-refractivity contribution in [3.63, 3.8) is 0 Å². The molecule has 0 aromatic heterocycles. The molecule has 1 amide bonds. The fourth-order valence-corrected chi connectivity index (χ4v) is 3.00. The van der Waals surface area contributed by atoms with Gasteiger partial charge in [-0.1, -0.05) is 0 Å². The summed E-state index contributed by atoms with van der Waals surface area (Å²) < 4.78 is 34.4. The lowest BCUT2D eigenvalue weighted by atomic mass is 10.3. The molecule has 0 heterocycles. The number of halogens is 2. The molecule has 0 saturated heterocycles. The van der Waals surface area contributed by atoms with Crippen LogP contribution >= 0.6 is 11.9 Å². The van der Waals surface area contributed by atoms with Gasteiger partial charge in [-0.25, -0.2) is 18.6 Å². The normalized spacial score (nSPS) is 11.1. The molecule has 0 bridgehead atoms. The van der Waals surface area contributed by atoms with Crippen molar-refractivity contribution in [2.75, 3.05) is 33.7 Å². The zero-order chi connectivity index (χ0) is 19.8. The molecule has 27 heavy (non-hydrogen) atoms. The van der Waals surface area contributed by atoms with Gasteiger partial charge in [0.2, 0.25) is 0 Å². The van der Waals surface area contributed by atoms with Crippen LogP contribution in [0.25, 0.3) is 0 Å². The van der Waals surface area contributed by atoms with E-state index < -0.39 is 17.5 Å². The Labute approximate surface area is 160 Å². The van der Waals surface area contributed by atoms with Crippen LogP contribution in [0.15, 0.2) is 47.4 Å². The molecule has 0 atom stereocenters. The number of carbonyl (C=O) groups excluding carboxylic acids is 1. The fraction of sp³-hybridized carbons (Fsp3) is 0.278. The van der Waals surface area contributed by atoms with Gasteiger partial charge in [0.05, 0.1) is 6.54 Å². The molecule has 0 spiro atoms. The molecule has 2 aromatic carbocycles. The lowest BCUT2D eigenvalue weighted by Gasteiger charge is -2.22. The molecular weight excluding hydrogens is 376 g/mol. The number of rotatable bonds is 9. The molecule has 146 valence electrons. The van der Waals surface area contributed by atoms with Crippen LogP contribution in [0.2, 0.25) is 0 Å². The van der Waals surface area contributed by atoms with Gasteiger partial charge in [0.1, 0.15) is 11.6 Å². The number of hydrogen-bond donors (Lipinski definition) is 2. The summed E-state index contributed by atoms with van der Waals surface area (Å²) in [7, 11) is 3.80. The molecule has 0 aliphatic carbocycles. The number of carbonyl (C=O) groups is 1. The van der Waals surface area contributed by atoms with Crippen molar-refractivity contribution in [3.8, 4) is 11.5 Å². The molecule has 2 rings (SSSR count). The van der Waals surface area contributed by atoms with Crippen LogP contribution in [0, 0.1) is 11.6 Å². The largest absolute Gasteiger partial charge is 0.454 e. The Bertz CT molecular complexity index is 760. The first-order valence-corrected chi connectivity index (χ1v) is 8.88. The first-order valence-electron chi connectivity index (χ1n) is 8.11. The molecular formula is C18H21F2N3O3S. The Morgan fingerprint density at radius 1 is 1.15 bits per heavy atom. The van der Waals surface area contributed by atoms with Gasteiger partial charge in [0.25, 0.3) is 5.91 Å². The van der Waals surface area contributed by atoms with E-state index in [0.717, 1.165) is 0 Å². The van der Waals surface area contributed by atoms with Gasteiger partial charge in [0.15, 0.2) is 11.6 Å². The smallest absolute Gasteiger partial charge is 0.258 e. The minimum Gasteiger partial charge on any atom is -0.454 e. The SMILES string of the molecule is CN(C)CCN(CC(=O)NO)Sc1ccc(Oc2ccc(F)cc2)c(F)c1. The molecule has 0 aliphatic rings. The van der Waals surface area contributed by atoms with E-state index in [1.165, 1.54) is 48.3 Å². The van der Waals surface area contributed by atoms with E-state index in [2.05, 4.69) is 0 Å². The predicted molar refractivity (Wildman–Crippen MR) is 98.8 cm³/mol. The molecule has 2 aromatic rings. The average molecular weight is 397 g/mol. The van der Waals surface area contributed by atoms with E-state index in [9.17, 15) is 13.6 Å². The summed E-state index contributed by atoms with van der Waals surface area (Å²) in [6.45, 7) is 1.16. The van der Waals surface area contributed by atoms with Gasteiger partial charge in [-0.3, -0.25) is 10.0 Å². The number of likely N-dealkylation sites (N-methyl/N-ethyl adjacent to an activating group) is 1. The van der Waals surface area contributed by atoms with E-state index in [1.54, 1.807) is 15.9 Å². The van der Waals surface area contributed by atoms with Crippen LogP contribution in [0.5, 0.6) is 11.5 Å². The first-order chi connectivity index (χ1) is 12.9. The summed E-state index contributed by atoms with van der Waals surface area (Å²) >= 11 is 1.20. The molecule has 6 nitrogen and oxygen atoms in total. The average Bonchev–Trinajstić information content (AvgIpc) is 2.63. The lowest BCUT2D eigenvalue weighted by Crippen LogP contribution is -2.35. The standard InChI is InChI=1S/C18H21F2N3O3S/c1-22(2)9-10-23(12-18(24)21-25)27-15-7-8-17(16(20)11-15)26-14-5-3-13(19)4-6-14/h3-8,11,25H,9-10,12H2,1-2H3,(H,21,24). The van der Waals surface area contributed by atoms with Crippen LogP contribution in [0.1, 0.15) is 0 Å². The zero-order valence-electron chi connectivity index (χ0n) is 15.0. The number of benzene rings is 2. The van der Waals surface area contributed by atoms with Crippen molar-refractivity contribution < 1.29 is 23.5 Å². The van der Waals surface area contributed by atoms with Crippen molar-refractivity contribution >= 4 is 17.9 Å². The maximum absolute atomic E-state index is 14.3. The van der Waals surface area contributed by atoms with Gasteiger partial charge in [-0.2, -0.15) is 0 Å². The van der Waals surface area contributed by atoms with Crippen molar-refractivity contribution in [2.24, 2.45) is 0 Å². The molecule has 9 heteroatoms. The first kappa shape index (κ1) is 21.1. The minimum absolute atomic E-state index is 0.0129. The molecule has 0 aliphatic heterocycles. The summed E-state index contributed by atoms with van der Waals surface area (Å²) in [6.07, 6.45) is 0. The van der Waals surface area contributed by atoms with E-state index in [4.69, 9.17) is 9.94 Å². The number of nitrogens with zero attached hydrogens (tertiary/aromatic N) is 2. The zero-order valence-corrected chi connectivity index (χ0v) is 15.8. The van der Waals surface area contributed by atoms with Crippen molar-refractivity contribution in [2.45, 2.75) is 4.90 Å². The van der Waals surface area contributed by atoms with E-state index >= 15 is 0 Å². The monoisotopic (exact) mass is 397 g/mol. The number of hydrogen-bond acceptors (Lipinski definition) is 6. The third-order valence-electron chi connectivity index (χ3n) is 3.42. The Kier molecular flexibility index (Phi) is 7.99. The highest BCUT2D eigenvalue weighted by Crippen LogP contribution is 2.30. The van der Waals surface area contributed by atoms with Crippen molar-refractivity contribution in [3.05, 3.63) is 54.1 Å². The Morgan fingerprint density at radius 2 is 1.85 bits per heavy atom. The Balaban J connectivity index is 2.06. The van der Waals surface area contributed by atoms with Gasteiger partial charge in [-0.05, 0) is 68.5 Å². The van der Waals surface area contributed by atoms with Gasteiger partial charge >= 0.3 is 0 Å². The van der Waals surface area contributed by atoms with Crippen molar-refractivity contribution in [1.29, 1.82) is 0 Å². The van der Waals surface area contributed by atoms with Gasteiger partial charge < -0.3 is 9.64 Å². The summed E-state index contributed by atoms with van der Waals surface area (Å²) in [5.74, 6) is -1.21. The number of amides is 1. The summed E-state index contributed by atoms with van der Waals surface area (Å²) in [5, 5.41) is 8.72. The van der Waals surface area contributed by atoms with Crippen LogP contribution in [-0.2, 0) is 4.79 Å². The quantitative estimate of drug-likeness (QED) is 0.385. The Morgan fingerprint density at radius 3 is 2.44 bits per heavy atom. The Hall–Kier alpha value is -2.20. The van der Waals surface area contributed by atoms with Gasteiger partial charge in [0, 0.05) is 18.0 Å². The lowest BCUT2D eigenvalue weighted by molar-refractivity contribution is -0.129. The molecule has 0 saturated carbocycles. The highest BCUT2D eigenvalue weighted by Gasteiger charge is 2.14. The molecule has 2 N–H and O–H groups in total. The van der Waals surface area contributed by atoms with E-state index in [1.807, 2.05) is 19.0 Å². The molecule has 0 radical (unpaired) electrons. The second kappa shape index (κ2) is 10.2. The second-order valence-electron chi connectivity index (χ2n) is 5.94. The fourth-order valence-electron chi connectivity index (χ4n) is 2.06. The van der Waals surface area contributed by atoms with Crippen LogP contribution in [0.3, 0.4) is 0 Å². The number of nitrogens with one attached hydrogen (secondary N) is 1. The molecule has 0 unspecified atom stereocenters. The van der Waals surface area contributed by atoms with E-state index in [-0.39, 0.29) is 12.3 Å². The van der Waals surface area contributed by atoms with Crippen LogP contribution in [0.4, 0.5) is 8.78 Å². The topological polar surface area (TPSA) is 65.0 Å². The maximum atomic E-state index is 14.3. The third kappa shape index (κ3) is 7.14. The van der Waals surface area contributed by atoms with Crippen LogP contribution < -0.4 is 10.2 Å². The summed E-state index contributed by atoms with van der Waals surface area (Å²) in [5.41, 5.74) is 1.59. The minimum atomic E-state index is -0.580. The predicted octanol–water partition coefficient (Wildman–Crippen LogP) is 3.13. The summed E-state index contributed by atoms with van der Waals surface area (Å²) in [6, 6.07) is 9.70. The highest BCUT2D eigenvalue weighted by atomic mass is 32.2. The third-order valence-corrected chi connectivity index (χ3v) is 4.46. The van der Waals surface area contributed by atoms with Gasteiger partial charge in [-0.15, -0.1) is 0 Å². The second-order valence-corrected chi connectivity index (χ2v) is 7.11. The summed E-state index contributed by atoms with van der Waals surface area (Å²) in [4.78, 5) is 14.0. The highest BCUT2D eigenvalue weighted by molar-refractivity contribution is 7.97. The van der Waals surface area contributed by atoms with Crippen LogP contribution in [-0.4, -0.2) is 54.0 Å². The number of ether oxygens (including phenoxy) is 1. The molecule has 0 fully saturated rings. The maximum Gasteiger partial charge on any atom is 0.258 e. The van der Waals surface area contributed by atoms with E-state index in [0.29, 0.717) is 23.7 Å².